The summed E-state index contributed by atoms with van der Waals surface area (Å²) >= 11 is 1.58. The highest BCUT2D eigenvalue weighted by Gasteiger charge is 2.28. The Balaban J connectivity index is 1.82. The van der Waals surface area contributed by atoms with Crippen molar-refractivity contribution < 1.29 is 9.84 Å². The van der Waals surface area contributed by atoms with Gasteiger partial charge in [-0.2, -0.15) is 5.10 Å². The van der Waals surface area contributed by atoms with Crippen molar-refractivity contribution in [2.45, 2.75) is 12.5 Å². The highest BCUT2D eigenvalue weighted by atomic mass is 32.1. The van der Waals surface area contributed by atoms with Gasteiger partial charge >= 0.3 is 5.69 Å². The molecule has 27 heavy (non-hydrogen) atoms. The Bertz CT molecular complexity index is 1130. The molecule has 3 N–H and O–H groups in total. The largest absolute Gasteiger partial charge is 0.495 e. The molecule has 1 atom stereocenters. The molecular formula is C18H16N4O4S. The van der Waals surface area contributed by atoms with Crippen LogP contribution in [0.3, 0.4) is 0 Å². The van der Waals surface area contributed by atoms with Crippen molar-refractivity contribution in [2.75, 3.05) is 7.11 Å². The number of hydrogen-bond donors (Lipinski definition) is 3. The molecule has 8 nitrogen and oxygen atoms in total. The van der Waals surface area contributed by atoms with Gasteiger partial charge < -0.3 is 15.3 Å². The van der Waals surface area contributed by atoms with Crippen LogP contribution in [-0.4, -0.2) is 27.5 Å². The third-order valence-corrected chi connectivity index (χ3v) is 5.33. The fraction of sp³-hybridized carbons (Fsp3) is 0.167. The zero-order valence-corrected chi connectivity index (χ0v) is 15.1. The molecule has 0 aliphatic carbocycles. The molecule has 3 heterocycles. The van der Waals surface area contributed by atoms with Gasteiger partial charge in [-0.3, -0.25) is 9.78 Å². The number of hydrogen-bond acceptors (Lipinski definition) is 7. The first-order valence-electron chi connectivity index (χ1n) is 8.17. The van der Waals surface area contributed by atoms with Crippen LogP contribution in [0.15, 0.2) is 56.5 Å². The van der Waals surface area contributed by atoms with E-state index in [1.165, 1.54) is 7.11 Å². The maximum absolute atomic E-state index is 12.4. The second-order valence-electron chi connectivity index (χ2n) is 5.92. The van der Waals surface area contributed by atoms with Crippen molar-refractivity contribution >= 4 is 17.0 Å². The summed E-state index contributed by atoms with van der Waals surface area (Å²) in [5.41, 5.74) is 2.21. The van der Waals surface area contributed by atoms with Gasteiger partial charge in [-0.15, -0.1) is 11.3 Å². The Morgan fingerprint density at radius 2 is 2.07 bits per heavy atom. The minimum Gasteiger partial charge on any atom is -0.495 e. The number of rotatable bonds is 4. The summed E-state index contributed by atoms with van der Waals surface area (Å²) in [5.74, 6) is -0.0866. The molecule has 0 spiro atoms. The van der Waals surface area contributed by atoms with Crippen LogP contribution in [-0.2, 0) is 0 Å². The lowest BCUT2D eigenvalue weighted by atomic mass is 10.1. The van der Waals surface area contributed by atoms with E-state index in [9.17, 15) is 14.7 Å². The van der Waals surface area contributed by atoms with Gasteiger partial charge in [0.2, 0.25) is 5.88 Å². The normalized spacial score (nSPS) is 16.0. The van der Waals surface area contributed by atoms with Gasteiger partial charge in [0.25, 0.3) is 5.56 Å². The Morgan fingerprint density at radius 3 is 2.81 bits per heavy atom. The standard InChI is InChI=1S/C18H16N4O4S/c1-26-13-6-3-2-5-12(13)22-17(24)15(16(23)19-18(22)25)11-9-10(20-21-11)14-7-4-8-27-14/h2-8,10,20,24H,9H2,1H3,(H,19,23,25)/t10-/m1/s1. The lowest BCUT2D eigenvalue weighted by Gasteiger charge is -2.14. The van der Waals surface area contributed by atoms with Gasteiger partial charge in [0.05, 0.1) is 24.6 Å². The van der Waals surface area contributed by atoms with Gasteiger partial charge in [0, 0.05) is 11.3 Å². The van der Waals surface area contributed by atoms with Crippen molar-refractivity contribution in [1.29, 1.82) is 0 Å². The minimum atomic E-state index is -0.757. The third kappa shape index (κ3) is 2.91. The molecule has 138 valence electrons. The molecule has 1 aliphatic heterocycles. The zero-order chi connectivity index (χ0) is 19.0. The summed E-state index contributed by atoms with van der Waals surface area (Å²) in [4.78, 5) is 28.1. The predicted octanol–water partition coefficient (Wildman–Crippen LogP) is 1.74. The number of methoxy groups -OCH3 is 1. The molecule has 9 heteroatoms. The van der Waals surface area contributed by atoms with Crippen LogP contribution in [0.4, 0.5) is 0 Å². The number of thiophene rings is 1. The van der Waals surface area contributed by atoms with E-state index in [-0.39, 0.29) is 11.6 Å². The van der Waals surface area contributed by atoms with Crippen molar-refractivity contribution in [3.63, 3.8) is 0 Å². The van der Waals surface area contributed by atoms with Crippen LogP contribution in [0, 0.1) is 0 Å². The Kier molecular flexibility index (Phi) is 4.28. The van der Waals surface area contributed by atoms with Gasteiger partial charge in [-0.1, -0.05) is 18.2 Å². The summed E-state index contributed by atoms with van der Waals surface area (Å²) in [7, 11) is 1.46. The van der Waals surface area contributed by atoms with Crippen LogP contribution in [0.25, 0.3) is 5.69 Å². The van der Waals surface area contributed by atoms with Gasteiger partial charge in [-0.25, -0.2) is 9.36 Å². The smallest absolute Gasteiger partial charge is 0.335 e. The Labute approximate surface area is 157 Å². The molecule has 4 rings (SSSR count). The number of aromatic amines is 1. The highest BCUT2D eigenvalue weighted by Crippen LogP contribution is 2.30. The summed E-state index contributed by atoms with van der Waals surface area (Å²) in [6, 6.07) is 10.6. The highest BCUT2D eigenvalue weighted by molar-refractivity contribution is 7.10. The number of benzene rings is 1. The summed E-state index contributed by atoms with van der Waals surface area (Å²) in [6.45, 7) is 0. The average Bonchev–Trinajstić information content (AvgIpc) is 3.33. The number of nitrogens with zero attached hydrogens (tertiary/aromatic N) is 2. The van der Waals surface area contributed by atoms with E-state index in [0.717, 1.165) is 9.44 Å². The number of aromatic nitrogens is 2. The second-order valence-corrected chi connectivity index (χ2v) is 6.90. The second kappa shape index (κ2) is 6.76. The van der Waals surface area contributed by atoms with E-state index in [1.807, 2.05) is 17.5 Å². The first kappa shape index (κ1) is 17.1. The van der Waals surface area contributed by atoms with E-state index in [1.54, 1.807) is 35.6 Å². The minimum absolute atomic E-state index is 0.0351. The molecule has 0 amide bonds. The first-order chi connectivity index (χ1) is 13.1. The van der Waals surface area contributed by atoms with Gasteiger partial charge in [0.15, 0.2) is 0 Å². The zero-order valence-electron chi connectivity index (χ0n) is 14.3. The number of aromatic hydroxyl groups is 1. The lowest BCUT2D eigenvalue weighted by Crippen LogP contribution is -2.33. The molecule has 1 aromatic carbocycles. The predicted molar refractivity (Wildman–Crippen MR) is 102 cm³/mol. The third-order valence-electron chi connectivity index (χ3n) is 4.34. The monoisotopic (exact) mass is 384 g/mol. The number of H-pyrrole nitrogens is 1. The topological polar surface area (TPSA) is 109 Å². The summed E-state index contributed by atoms with van der Waals surface area (Å²) < 4.78 is 6.28. The lowest BCUT2D eigenvalue weighted by molar-refractivity contribution is 0.401. The van der Waals surface area contributed by atoms with Crippen molar-refractivity contribution in [3.8, 4) is 17.3 Å². The van der Waals surface area contributed by atoms with E-state index in [4.69, 9.17) is 4.74 Å². The van der Waals surface area contributed by atoms with E-state index < -0.39 is 17.1 Å². The van der Waals surface area contributed by atoms with E-state index >= 15 is 0 Å². The fourth-order valence-corrected chi connectivity index (χ4v) is 3.85. The quantitative estimate of drug-likeness (QED) is 0.635. The SMILES string of the molecule is COc1ccccc1-n1c(O)c(C2=NN[C@@H](c3cccs3)C2)c(=O)[nH]c1=O. The van der Waals surface area contributed by atoms with Gasteiger partial charge in [-0.05, 0) is 23.6 Å². The Hall–Kier alpha value is -3.33. The average molecular weight is 384 g/mol. The summed E-state index contributed by atoms with van der Waals surface area (Å²) in [6.07, 6.45) is 0.418. The summed E-state index contributed by atoms with van der Waals surface area (Å²) in [5, 5.41) is 17.0. The molecule has 1 aliphatic rings. The molecule has 3 aromatic rings. The maximum atomic E-state index is 12.4. The Morgan fingerprint density at radius 1 is 1.26 bits per heavy atom. The molecule has 0 radical (unpaired) electrons. The van der Waals surface area contributed by atoms with E-state index in [2.05, 4.69) is 15.5 Å². The number of hydrazone groups is 1. The number of nitrogens with one attached hydrogen (secondary N) is 2. The molecule has 0 saturated carbocycles. The van der Waals surface area contributed by atoms with Crippen LogP contribution in [0.2, 0.25) is 0 Å². The van der Waals surface area contributed by atoms with E-state index in [0.29, 0.717) is 23.6 Å². The molecular weight excluding hydrogens is 368 g/mol. The van der Waals surface area contributed by atoms with Crippen molar-refractivity contribution in [3.05, 3.63) is 73.1 Å². The molecule has 0 bridgehead atoms. The van der Waals surface area contributed by atoms with Crippen LogP contribution in [0.1, 0.15) is 22.9 Å². The number of para-hydroxylation sites is 2. The molecule has 0 fully saturated rings. The van der Waals surface area contributed by atoms with Gasteiger partial charge in [0.1, 0.15) is 11.3 Å². The maximum Gasteiger partial charge on any atom is 0.335 e. The molecule has 0 saturated heterocycles. The van der Waals surface area contributed by atoms with Crippen LogP contribution < -0.4 is 21.4 Å². The molecule has 0 unspecified atom stereocenters. The van der Waals surface area contributed by atoms with Crippen LogP contribution >= 0.6 is 11.3 Å². The first-order valence-corrected chi connectivity index (χ1v) is 9.05. The number of ether oxygens (including phenoxy) is 1. The fourth-order valence-electron chi connectivity index (χ4n) is 3.08. The van der Waals surface area contributed by atoms with Crippen molar-refractivity contribution in [2.24, 2.45) is 5.10 Å². The van der Waals surface area contributed by atoms with Crippen LogP contribution in [0.5, 0.6) is 11.6 Å². The van der Waals surface area contributed by atoms with Crippen molar-refractivity contribution in [1.82, 2.24) is 15.0 Å². The molecule has 2 aromatic heterocycles.